The van der Waals surface area contributed by atoms with Gasteiger partial charge in [-0.15, -0.1) is 0 Å². The van der Waals surface area contributed by atoms with Crippen LogP contribution in [-0.2, 0) is 16.6 Å². The molecule has 1 fully saturated rings. The number of sulfonamides is 1. The van der Waals surface area contributed by atoms with Crippen molar-refractivity contribution < 1.29 is 17.9 Å². The number of rotatable bonds is 3. The first kappa shape index (κ1) is 28.3. The molecule has 0 radical (unpaired) electrons. The van der Waals surface area contributed by atoms with Crippen LogP contribution in [0.4, 0.5) is 5.95 Å². The Morgan fingerprint density at radius 3 is 2.56 bits per heavy atom. The van der Waals surface area contributed by atoms with Gasteiger partial charge in [-0.2, -0.15) is 10.2 Å². The minimum absolute atomic E-state index is 0.0614. The Morgan fingerprint density at radius 2 is 1.77 bits per heavy atom. The molecule has 3 aromatic carbocycles. The fourth-order valence-electron chi connectivity index (χ4n) is 5.68. The molecule has 10 nitrogen and oxygen atoms in total. The molecule has 1 N–H and O–H groups in total. The Balaban J connectivity index is 1.39. The molecule has 4 bridgehead atoms. The van der Waals surface area contributed by atoms with Crippen LogP contribution in [0.2, 0.25) is 0 Å². The number of carbonyl (C=O) groups is 1. The van der Waals surface area contributed by atoms with Crippen LogP contribution in [0.25, 0.3) is 11.3 Å². The van der Waals surface area contributed by atoms with Crippen molar-refractivity contribution in [3.8, 4) is 23.2 Å². The van der Waals surface area contributed by atoms with Gasteiger partial charge in [0.25, 0.3) is 15.9 Å². The van der Waals surface area contributed by atoms with Crippen molar-refractivity contribution in [2.75, 3.05) is 31.0 Å². The molecule has 1 aromatic heterocycles. The van der Waals surface area contributed by atoms with Crippen LogP contribution < -0.4 is 9.46 Å². The third-order valence-corrected chi connectivity index (χ3v) is 9.10. The Hall–Kier alpha value is -4.79. The predicted molar refractivity (Wildman–Crippen MR) is 161 cm³/mol. The maximum absolute atomic E-state index is 13.8. The van der Waals surface area contributed by atoms with E-state index in [0.29, 0.717) is 37.4 Å². The number of nitrogens with zero attached hydrogens (tertiary/aromatic N) is 5. The van der Waals surface area contributed by atoms with Crippen LogP contribution >= 0.6 is 0 Å². The van der Waals surface area contributed by atoms with Gasteiger partial charge in [-0.25, -0.2) is 18.1 Å². The number of anilines is 1. The summed E-state index contributed by atoms with van der Waals surface area (Å²) in [6.07, 6.45) is 0. The molecule has 43 heavy (non-hydrogen) atoms. The van der Waals surface area contributed by atoms with Crippen LogP contribution in [0.3, 0.4) is 0 Å². The second-order valence-corrected chi connectivity index (χ2v) is 12.5. The van der Waals surface area contributed by atoms with Crippen molar-refractivity contribution in [2.24, 2.45) is 0 Å². The van der Waals surface area contributed by atoms with Gasteiger partial charge in [0.1, 0.15) is 6.61 Å². The molecule has 2 aliphatic rings. The summed E-state index contributed by atoms with van der Waals surface area (Å²) in [6.45, 7) is 6.22. The Morgan fingerprint density at radius 1 is 1.00 bits per heavy atom. The van der Waals surface area contributed by atoms with Crippen LogP contribution in [0.5, 0.6) is 5.88 Å². The summed E-state index contributed by atoms with van der Waals surface area (Å²) in [5.74, 6) is -0.196. The minimum atomic E-state index is -4.11. The van der Waals surface area contributed by atoms with E-state index in [1.807, 2.05) is 50.2 Å². The fourth-order valence-corrected chi connectivity index (χ4v) is 6.67. The molecular formula is C32H30N6O4S. The van der Waals surface area contributed by atoms with Gasteiger partial charge in [0.15, 0.2) is 0 Å². The first-order valence-electron chi connectivity index (χ1n) is 13.9. The summed E-state index contributed by atoms with van der Waals surface area (Å²) < 4.78 is 35.6. The topological polar surface area (TPSA) is 129 Å². The summed E-state index contributed by atoms with van der Waals surface area (Å²) in [7, 11) is -4.11. The van der Waals surface area contributed by atoms with Crippen LogP contribution in [0.15, 0.2) is 77.7 Å². The maximum atomic E-state index is 13.8. The van der Waals surface area contributed by atoms with Gasteiger partial charge in [0.05, 0.1) is 28.3 Å². The number of hydrogen-bond acceptors (Lipinski definition) is 8. The summed E-state index contributed by atoms with van der Waals surface area (Å²) in [6, 6.07) is 22.9. The number of aromatic nitrogens is 2. The summed E-state index contributed by atoms with van der Waals surface area (Å²) in [4.78, 5) is 26.7. The van der Waals surface area contributed by atoms with E-state index in [1.165, 1.54) is 12.1 Å². The summed E-state index contributed by atoms with van der Waals surface area (Å²) >= 11 is 0. The van der Waals surface area contributed by atoms with Crippen molar-refractivity contribution in [1.82, 2.24) is 19.8 Å². The highest BCUT2D eigenvalue weighted by Crippen LogP contribution is 2.30. The zero-order chi connectivity index (χ0) is 30.1. The number of fused-ring (bicyclic) bond motifs is 5. The average Bonchev–Trinajstić information content (AvgIpc) is 2.99. The first-order chi connectivity index (χ1) is 20.7. The minimum Gasteiger partial charge on any atom is -0.475 e. The number of aryl methyl sites for hydroxylation is 2. The normalized spacial score (nSPS) is 18.1. The van der Waals surface area contributed by atoms with Crippen molar-refractivity contribution in [2.45, 2.75) is 31.3 Å². The quantitative estimate of drug-likeness (QED) is 0.375. The van der Waals surface area contributed by atoms with Crippen molar-refractivity contribution in [3.05, 3.63) is 101 Å². The number of hydrogen-bond donors (Lipinski definition) is 1. The van der Waals surface area contributed by atoms with E-state index in [9.17, 15) is 18.5 Å². The van der Waals surface area contributed by atoms with Gasteiger partial charge < -0.3 is 9.64 Å². The number of carbonyl (C=O) groups excluding carboxylic acids is 1. The molecule has 0 spiro atoms. The van der Waals surface area contributed by atoms with E-state index in [2.05, 4.69) is 25.7 Å². The molecule has 0 aliphatic carbocycles. The van der Waals surface area contributed by atoms with Crippen molar-refractivity contribution >= 4 is 21.9 Å². The van der Waals surface area contributed by atoms with Crippen LogP contribution in [-0.4, -0.2) is 66.4 Å². The van der Waals surface area contributed by atoms with Crippen LogP contribution in [0, 0.1) is 25.2 Å². The highest BCUT2D eigenvalue weighted by molar-refractivity contribution is 7.92. The fraction of sp³-hybridized carbons (Fsp3) is 0.250. The molecule has 11 heteroatoms. The van der Waals surface area contributed by atoms with Gasteiger partial charge in [-0.05, 0) is 60.9 Å². The summed E-state index contributed by atoms with van der Waals surface area (Å²) in [5.41, 5.74) is 5.21. The molecule has 218 valence electrons. The second-order valence-electron chi connectivity index (χ2n) is 10.8. The third-order valence-electron chi connectivity index (χ3n) is 7.77. The number of amides is 1. The number of nitriles is 1. The van der Waals surface area contributed by atoms with Gasteiger partial charge in [-0.3, -0.25) is 9.69 Å². The number of piperazine rings is 1. The average molecular weight is 595 g/mol. The summed E-state index contributed by atoms with van der Waals surface area (Å²) in [5, 5.41) is 9.31. The third kappa shape index (κ3) is 5.93. The molecule has 1 saturated heterocycles. The Kier molecular flexibility index (Phi) is 7.56. The largest absolute Gasteiger partial charge is 0.475 e. The highest BCUT2D eigenvalue weighted by Gasteiger charge is 2.33. The number of ether oxygens (including phenoxy) is 1. The smallest absolute Gasteiger partial charge is 0.264 e. The van der Waals surface area contributed by atoms with E-state index < -0.39 is 10.0 Å². The van der Waals surface area contributed by atoms with Crippen LogP contribution in [0.1, 0.15) is 32.6 Å². The highest BCUT2D eigenvalue weighted by atomic mass is 32.2. The monoisotopic (exact) mass is 594 g/mol. The van der Waals surface area contributed by atoms with E-state index in [1.54, 1.807) is 29.2 Å². The molecule has 0 unspecified atom stereocenters. The molecule has 4 aromatic rings. The molecule has 0 saturated carbocycles. The van der Waals surface area contributed by atoms with Gasteiger partial charge in [-0.1, -0.05) is 36.4 Å². The number of benzene rings is 3. The Labute approximate surface area is 250 Å². The van der Waals surface area contributed by atoms with E-state index in [0.717, 1.165) is 22.3 Å². The SMILES string of the molecule is Cc1cccc(C)c1-c1cc2nc(n1)NS(=O)(=O)c1cccc(c1)C(=O)N1CCN(Cc3cccc(C#N)c3)C[C@@H]1CO2. The second kappa shape index (κ2) is 11.5. The molecule has 1 amide bonds. The molecule has 6 rings (SSSR count). The molecule has 3 heterocycles. The standard InChI is InChI=1S/C32H30N6O4S/c1-21-6-3-7-22(2)30(21)28-16-29-35-32(34-28)36-43(40,41)27-11-5-10-25(15-27)31(39)38-13-12-37(19-26(38)20-42-29)18-24-9-4-8-23(14-24)17-33/h3-11,14-16,26H,12-13,18-20H2,1-2H3,(H,34,35,36)/t26-/m1/s1. The zero-order valence-electron chi connectivity index (χ0n) is 23.8. The van der Waals surface area contributed by atoms with E-state index in [4.69, 9.17) is 4.74 Å². The van der Waals surface area contributed by atoms with E-state index >= 15 is 0 Å². The van der Waals surface area contributed by atoms with Gasteiger partial charge >= 0.3 is 0 Å². The first-order valence-corrected chi connectivity index (χ1v) is 15.4. The molecule has 2 aliphatic heterocycles. The van der Waals surface area contributed by atoms with Crippen molar-refractivity contribution in [3.63, 3.8) is 0 Å². The lowest BCUT2D eigenvalue weighted by Crippen LogP contribution is -2.57. The van der Waals surface area contributed by atoms with Gasteiger partial charge in [0.2, 0.25) is 11.8 Å². The lowest BCUT2D eigenvalue weighted by atomic mass is 10.00. The maximum Gasteiger partial charge on any atom is 0.264 e. The van der Waals surface area contributed by atoms with E-state index in [-0.39, 0.29) is 40.8 Å². The lowest BCUT2D eigenvalue weighted by molar-refractivity contribution is 0.0310. The molecular weight excluding hydrogens is 564 g/mol. The lowest BCUT2D eigenvalue weighted by Gasteiger charge is -2.41. The number of nitrogens with one attached hydrogen (secondary N) is 1. The Bertz CT molecular complexity index is 1850. The predicted octanol–water partition coefficient (Wildman–Crippen LogP) is 4.15. The van der Waals surface area contributed by atoms with Gasteiger partial charge in [0, 0.05) is 43.4 Å². The molecule has 1 atom stereocenters. The van der Waals surface area contributed by atoms with Crippen molar-refractivity contribution in [1.29, 1.82) is 5.26 Å². The zero-order valence-corrected chi connectivity index (χ0v) is 24.6.